The summed E-state index contributed by atoms with van der Waals surface area (Å²) < 4.78 is 5.19. The van der Waals surface area contributed by atoms with Gasteiger partial charge in [0, 0.05) is 24.7 Å². The topological polar surface area (TPSA) is 58.6 Å². The lowest BCUT2D eigenvalue weighted by Crippen LogP contribution is -2.36. The fourth-order valence-electron chi connectivity index (χ4n) is 2.21. The molecule has 2 aromatic carbocycles. The van der Waals surface area contributed by atoms with Crippen molar-refractivity contribution in [1.29, 1.82) is 0 Å². The van der Waals surface area contributed by atoms with Crippen LogP contribution in [0.4, 0.5) is 5.69 Å². The number of likely N-dealkylation sites (N-methyl/N-ethyl adjacent to an activating group) is 1. The number of methoxy groups -OCH3 is 1. The van der Waals surface area contributed by atoms with Gasteiger partial charge < -0.3 is 15.0 Å². The zero-order valence-corrected chi connectivity index (χ0v) is 14.6. The van der Waals surface area contributed by atoms with E-state index in [0.29, 0.717) is 23.0 Å². The van der Waals surface area contributed by atoms with E-state index in [1.165, 1.54) is 12.0 Å². The first kappa shape index (κ1) is 17.8. The van der Waals surface area contributed by atoms with Crippen molar-refractivity contribution < 1.29 is 14.3 Å². The number of amides is 2. The Kier molecular flexibility index (Phi) is 5.82. The summed E-state index contributed by atoms with van der Waals surface area (Å²) in [6, 6.07) is 12.7. The molecule has 0 bridgehead atoms. The van der Waals surface area contributed by atoms with Crippen LogP contribution in [0.2, 0.25) is 5.02 Å². The molecule has 2 aromatic rings. The average Bonchev–Trinajstić information content (AvgIpc) is 2.58. The van der Waals surface area contributed by atoms with E-state index in [-0.39, 0.29) is 0 Å². The maximum atomic E-state index is 12.3. The molecule has 1 N–H and O–H groups in total. The number of halogens is 1. The molecule has 126 valence electrons. The highest BCUT2D eigenvalue weighted by atomic mass is 35.5. The summed E-state index contributed by atoms with van der Waals surface area (Å²) in [6.07, 6.45) is 0. The Balaban J connectivity index is 2.09. The Morgan fingerprint density at radius 2 is 1.88 bits per heavy atom. The number of benzene rings is 2. The smallest absolute Gasteiger partial charge is 0.314 e. The lowest BCUT2D eigenvalue weighted by molar-refractivity contribution is -0.142. The molecule has 0 fully saturated rings. The summed E-state index contributed by atoms with van der Waals surface area (Å²) >= 11 is 6.04. The molecule has 0 atom stereocenters. The summed E-state index contributed by atoms with van der Waals surface area (Å²) in [5.41, 5.74) is 2.13. The molecule has 2 rings (SSSR count). The minimum Gasteiger partial charge on any atom is -0.495 e. The second kappa shape index (κ2) is 7.84. The van der Waals surface area contributed by atoms with Crippen molar-refractivity contribution in [2.45, 2.75) is 13.5 Å². The molecule has 0 aliphatic carbocycles. The van der Waals surface area contributed by atoms with Gasteiger partial charge in [-0.2, -0.15) is 0 Å². The van der Waals surface area contributed by atoms with Gasteiger partial charge in [-0.15, -0.1) is 0 Å². The average molecular weight is 347 g/mol. The van der Waals surface area contributed by atoms with E-state index < -0.39 is 11.8 Å². The predicted octanol–water partition coefficient (Wildman–Crippen LogP) is 3.25. The van der Waals surface area contributed by atoms with Crippen molar-refractivity contribution in [2.75, 3.05) is 19.5 Å². The fourth-order valence-corrected chi connectivity index (χ4v) is 2.36. The number of ether oxygens (including phenoxy) is 1. The molecule has 0 unspecified atom stereocenters. The van der Waals surface area contributed by atoms with Crippen molar-refractivity contribution in [2.24, 2.45) is 0 Å². The van der Waals surface area contributed by atoms with E-state index in [9.17, 15) is 9.59 Å². The summed E-state index contributed by atoms with van der Waals surface area (Å²) in [6.45, 7) is 2.16. The van der Waals surface area contributed by atoms with Gasteiger partial charge in [0.25, 0.3) is 0 Å². The molecule has 0 aliphatic heterocycles. The van der Waals surface area contributed by atoms with E-state index in [1.807, 2.05) is 30.3 Å². The Bertz CT molecular complexity index is 747. The third-order valence-electron chi connectivity index (χ3n) is 3.53. The number of nitrogens with one attached hydrogen (secondary N) is 1. The zero-order valence-electron chi connectivity index (χ0n) is 13.8. The van der Waals surface area contributed by atoms with Crippen LogP contribution in [-0.4, -0.2) is 30.9 Å². The monoisotopic (exact) mass is 346 g/mol. The van der Waals surface area contributed by atoms with E-state index >= 15 is 0 Å². The molecule has 0 heterocycles. The molecule has 0 saturated carbocycles. The molecule has 2 amide bonds. The van der Waals surface area contributed by atoms with Gasteiger partial charge in [0.05, 0.1) is 12.8 Å². The second-order valence-corrected chi connectivity index (χ2v) is 5.81. The molecule has 0 aliphatic rings. The lowest BCUT2D eigenvalue weighted by atomic mass is 10.2. The Hall–Kier alpha value is -2.53. The highest BCUT2D eigenvalue weighted by molar-refractivity contribution is 6.39. The molecule has 0 aromatic heterocycles. The number of anilines is 1. The van der Waals surface area contributed by atoms with E-state index in [1.54, 1.807) is 26.1 Å². The van der Waals surface area contributed by atoms with Crippen LogP contribution >= 0.6 is 11.6 Å². The summed E-state index contributed by atoms with van der Waals surface area (Å²) in [4.78, 5) is 25.8. The summed E-state index contributed by atoms with van der Waals surface area (Å²) in [5.74, 6) is -0.959. The number of hydrogen-bond donors (Lipinski definition) is 1. The van der Waals surface area contributed by atoms with E-state index in [4.69, 9.17) is 16.3 Å². The summed E-state index contributed by atoms with van der Waals surface area (Å²) in [7, 11) is 3.05. The zero-order chi connectivity index (χ0) is 17.7. The SMILES string of the molecule is COc1cc(Cl)c(C)cc1NC(=O)C(=O)N(C)Cc1ccccc1. The molecular formula is C18H19ClN2O3. The molecule has 0 spiro atoms. The normalized spacial score (nSPS) is 10.2. The standard InChI is InChI=1S/C18H19ClN2O3/c1-12-9-15(16(24-3)10-14(12)19)20-17(22)18(23)21(2)11-13-7-5-4-6-8-13/h4-10H,11H2,1-3H3,(H,20,22). The predicted molar refractivity (Wildman–Crippen MR) is 94.3 cm³/mol. The van der Waals surface area contributed by atoms with E-state index in [0.717, 1.165) is 11.1 Å². The number of hydrogen-bond acceptors (Lipinski definition) is 3. The van der Waals surface area contributed by atoms with Gasteiger partial charge in [-0.05, 0) is 24.1 Å². The van der Waals surface area contributed by atoms with Crippen LogP contribution in [0.25, 0.3) is 0 Å². The minimum atomic E-state index is -0.728. The van der Waals surface area contributed by atoms with Gasteiger partial charge in [-0.25, -0.2) is 0 Å². The minimum absolute atomic E-state index is 0.351. The van der Waals surface area contributed by atoms with Gasteiger partial charge in [0.2, 0.25) is 0 Å². The van der Waals surface area contributed by atoms with Crippen LogP contribution in [0, 0.1) is 6.92 Å². The van der Waals surface area contributed by atoms with Crippen LogP contribution in [0.15, 0.2) is 42.5 Å². The first-order valence-electron chi connectivity index (χ1n) is 7.37. The van der Waals surface area contributed by atoms with Gasteiger partial charge in [0.1, 0.15) is 5.75 Å². The number of aryl methyl sites for hydroxylation is 1. The van der Waals surface area contributed by atoms with Gasteiger partial charge in [-0.3, -0.25) is 9.59 Å². The molecule has 6 heteroatoms. The van der Waals surface area contributed by atoms with Crippen molar-refractivity contribution in [1.82, 2.24) is 4.90 Å². The first-order valence-corrected chi connectivity index (χ1v) is 7.74. The number of rotatable bonds is 4. The highest BCUT2D eigenvalue weighted by Gasteiger charge is 2.20. The molecular weight excluding hydrogens is 328 g/mol. The van der Waals surface area contributed by atoms with Crippen LogP contribution in [0.3, 0.4) is 0 Å². The molecule has 0 radical (unpaired) electrons. The van der Waals surface area contributed by atoms with Crippen molar-refractivity contribution in [3.8, 4) is 5.75 Å². The van der Waals surface area contributed by atoms with Gasteiger partial charge >= 0.3 is 11.8 Å². The molecule has 5 nitrogen and oxygen atoms in total. The van der Waals surface area contributed by atoms with E-state index in [2.05, 4.69) is 5.32 Å². The maximum Gasteiger partial charge on any atom is 0.314 e. The third-order valence-corrected chi connectivity index (χ3v) is 3.94. The van der Waals surface area contributed by atoms with Gasteiger partial charge in [0.15, 0.2) is 0 Å². The largest absolute Gasteiger partial charge is 0.495 e. The Morgan fingerprint density at radius 1 is 1.21 bits per heavy atom. The van der Waals surface area contributed by atoms with Crippen LogP contribution in [0.1, 0.15) is 11.1 Å². The lowest BCUT2D eigenvalue weighted by Gasteiger charge is -2.18. The number of carbonyl (C=O) groups is 2. The second-order valence-electron chi connectivity index (χ2n) is 5.40. The Morgan fingerprint density at radius 3 is 2.50 bits per heavy atom. The van der Waals surface area contributed by atoms with Crippen LogP contribution < -0.4 is 10.1 Å². The van der Waals surface area contributed by atoms with Crippen molar-refractivity contribution >= 4 is 29.1 Å². The maximum absolute atomic E-state index is 12.3. The highest BCUT2D eigenvalue weighted by Crippen LogP contribution is 2.30. The fraction of sp³-hybridized carbons (Fsp3) is 0.222. The third kappa shape index (κ3) is 4.26. The number of carbonyl (C=O) groups excluding carboxylic acids is 2. The number of nitrogens with zero attached hydrogens (tertiary/aromatic N) is 1. The van der Waals surface area contributed by atoms with Crippen molar-refractivity contribution in [3.63, 3.8) is 0 Å². The Labute approximate surface area is 146 Å². The van der Waals surface area contributed by atoms with Crippen LogP contribution in [-0.2, 0) is 16.1 Å². The molecule has 0 saturated heterocycles. The first-order chi connectivity index (χ1) is 11.4. The van der Waals surface area contributed by atoms with Crippen molar-refractivity contribution in [3.05, 3.63) is 58.6 Å². The summed E-state index contributed by atoms with van der Waals surface area (Å²) in [5, 5.41) is 3.11. The van der Waals surface area contributed by atoms with Crippen LogP contribution in [0.5, 0.6) is 5.75 Å². The quantitative estimate of drug-likeness (QED) is 0.864. The molecule has 24 heavy (non-hydrogen) atoms. The van der Waals surface area contributed by atoms with Gasteiger partial charge in [-0.1, -0.05) is 41.9 Å².